The van der Waals surface area contributed by atoms with Crippen molar-refractivity contribution < 1.29 is 27.9 Å². The second-order valence-corrected chi connectivity index (χ2v) is 13.4. The van der Waals surface area contributed by atoms with Crippen LogP contribution in [0.4, 0.5) is 5.69 Å². The molecule has 4 N–H and O–H groups in total. The van der Waals surface area contributed by atoms with Gasteiger partial charge in [0, 0.05) is 37.1 Å². The number of aliphatic carboxylic acids is 1. The Morgan fingerprint density at radius 2 is 1.84 bits per heavy atom. The number of sulfonamides is 1. The summed E-state index contributed by atoms with van der Waals surface area (Å²) in [7, 11) is -4.22. The molecule has 2 aliphatic heterocycles. The summed E-state index contributed by atoms with van der Waals surface area (Å²) >= 11 is 12.1. The minimum Gasteiger partial charge on any atom is -0.480 e. The molecule has 3 atom stereocenters. The molecule has 2 aromatic carbocycles. The second kappa shape index (κ2) is 13.1. The molecule has 0 spiro atoms. The van der Waals surface area contributed by atoms with Crippen molar-refractivity contribution in [2.75, 3.05) is 18.4 Å². The minimum atomic E-state index is -4.22. The number of nitriles is 1. The van der Waals surface area contributed by atoms with E-state index in [2.05, 4.69) is 20.9 Å². The van der Waals surface area contributed by atoms with Gasteiger partial charge < -0.3 is 21.1 Å². The van der Waals surface area contributed by atoms with Crippen LogP contribution in [0, 0.1) is 11.3 Å². The van der Waals surface area contributed by atoms with Crippen LogP contribution in [0.15, 0.2) is 65.8 Å². The Bertz CT molecular complexity index is 1770. The van der Waals surface area contributed by atoms with E-state index in [1.165, 1.54) is 36.7 Å². The summed E-state index contributed by atoms with van der Waals surface area (Å²) in [6.45, 7) is 0.647. The van der Waals surface area contributed by atoms with E-state index in [4.69, 9.17) is 23.2 Å². The molecule has 15 heteroatoms. The van der Waals surface area contributed by atoms with Gasteiger partial charge in [-0.15, -0.1) is 0 Å². The number of benzene rings is 2. The first-order valence-corrected chi connectivity index (χ1v) is 16.2. The Balaban J connectivity index is 1.35. The number of pyridine rings is 1. The molecule has 2 saturated heterocycles. The predicted octanol–water partition coefficient (Wildman–Crippen LogP) is 3.21. The van der Waals surface area contributed by atoms with Crippen LogP contribution in [-0.2, 0) is 26.0 Å². The van der Waals surface area contributed by atoms with Gasteiger partial charge in [0.25, 0.3) is 5.91 Å². The van der Waals surface area contributed by atoms with E-state index < -0.39 is 45.4 Å². The van der Waals surface area contributed by atoms with Gasteiger partial charge in [0.1, 0.15) is 11.6 Å². The lowest BCUT2D eigenvalue weighted by molar-refractivity contribution is -0.144. The normalized spacial score (nSPS) is 20.4. The van der Waals surface area contributed by atoms with E-state index in [-0.39, 0.29) is 45.5 Å². The summed E-state index contributed by atoms with van der Waals surface area (Å²) < 4.78 is 28.9. The zero-order chi connectivity index (χ0) is 32.4. The fraction of sp³-hybridized carbons (Fsp3) is 0.300. The number of aromatic nitrogens is 1. The molecule has 0 bridgehead atoms. The lowest BCUT2D eigenvalue weighted by Crippen LogP contribution is -2.72. The van der Waals surface area contributed by atoms with Crippen molar-refractivity contribution in [2.24, 2.45) is 0 Å². The molecule has 0 radical (unpaired) electrons. The molecule has 2 amide bonds. The zero-order valence-electron chi connectivity index (χ0n) is 23.7. The highest BCUT2D eigenvalue weighted by molar-refractivity contribution is 7.89. The van der Waals surface area contributed by atoms with E-state index in [1.54, 1.807) is 24.3 Å². The third-order valence-corrected chi connectivity index (χ3v) is 10.6. The number of nitrogens with one attached hydrogen (secondary N) is 3. The van der Waals surface area contributed by atoms with Crippen molar-refractivity contribution in [1.82, 2.24) is 19.9 Å². The molecule has 12 nitrogen and oxygen atoms in total. The van der Waals surface area contributed by atoms with Gasteiger partial charge in [-0.1, -0.05) is 41.4 Å². The van der Waals surface area contributed by atoms with Crippen molar-refractivity contribution in [3.05, 3.63) is 87.7 Å². The smallest absolute Gasteiger partial charge is 0.326 e. The maximum Gasteiger partial charge on any atom is 0.326 e. The highest BCUT2D eigenvalue weighted by atomic mass is 35.5. The van der Waals surface area contributed by atoms with E-state index >= 15 is 0 Å². The fourth-order valence-electron chi connectivity index (χ4n) is 5.70. The molecule has 2 aliphatic rings. The average Bonchev–Trinajstić information content (AvgIpc) is 3.43. The van der Waals surface area contributed by atoms with Gasteiger partial charge in [-0.3, -0.25) is 14.6 Å². The highest BCUT2D eigenvalue weighted by Crippen LogP contribution is 2.40. The highest BCUT2D eigenvalue weighted by Gasteiger charge is 2.59. The third-order valence-electron chi connectivity index (χ3n) is 8.04. The van der Waals surface area contributed by atoms with Crippen LogP contribution in [0.3, 0.4) is 0 Å². The van der Waals surface area contributed by atoms with Gasteiger partial charge in [0.15, 0.2) is 0 Å². The number of carbonyl (C=O) groups is 3. The Morgan fingerprint density at radius 1 is 1.16 bits per heavy atom. The largest absolute Gasteiger partial charge is 0.480 e. The summed E-state index contributed by atoms with van der Waals surface area (Å²) in [5.74, 6) is -2.56. The minimum absolute atomic E-state index is 0.0571. The van der Waals surface area contributed by atoms with E-state index in [0.717, 1.165) is 4.31 Å². The first-order chi connectivity index (χ1) is 21.5. The molecule has 2 fully saturated rings. The van der Waals surface area contributed by atoms with Crippen LogP contribution in [0.5, 0.6) is 0 Å². The lowest BCUT2D eigenvalue weighted by Gasteiger charge is -2.47. The molecule has 1 unspecified atom stereocenters. The van der Waals surface area contributed by atoms with Crippen LogP contribution >= 0.6 is 23.2 Å². The van der Waals surface area contributed by atoms with E-state index in [9.17, 15) is 33.2 Å². The molecular weight excluding hydrogens is 643 g/mol. The SMILES string of the molecule is N#Cc1cccc(S(=O)(=O)N2CCCC2(C(=O)N[C@@H](Cc2ccc(NC(=O)c3c(Cl)cncc3Cl)cc2)C(=O)O)[C@H]2CCN2)c1. The van der Waals surface area contributed by atoms with Crippen LogP contribution < -0.4 is 16.0 Å². The van der Waals surface area contributed by atoms with Crippen molar-refractivity contribution in [1.29, 1.82) is 5.26 Å². The molecule has 3 heterocycles. The standard InChI is InChI=1S/C30H28Cl2N6O6S/c31-22-16-34-17-23(32)26(22)27(39)36-20-7-5-18(6-8-20)14-24(28(40)41)37-29(42)30(25-9-11-35-25)10-2-12-38(30)45(43,44)21-4-1-3-19(13-21)15-33/h1,3-8,13,16-17,24-25,35H,2,9-12,14H2,(H,36,39)(H,37,42)(H,40,41)/t24-,25+,30?/m0/s1. The van der Waals surface area contributed by atoms with Gasteiger partial charge in [-0.25, -0.2) is 13.2 Å². The molecule has 1 aromatic heterocycles. The first-order valence-electron chi connectivity index (χ1n) is 14.0. The molecular formula is C30H28Cl2N6O6S. The summed E-state index contributed by atoms with van der Waals surface area (Å²) in [5, 5.41) is 27.9. The van der Waals surface area contributed by atoms with E-state index in [1.807, 2.05) is 6.07 Å². The average molecular weight is 672 g/mol. The Kier molecular flexibility index (Phi) is 9.43. The Morgan fingerprint density at radius 3 is 2.44 bits per heavy atom. The van der Waals surface area contributed by atoms with Crippen molar-refractivity contribution in [3.8, 4) is 6.07 Å². The maximum atomic E-state index is 14.0. The molecule has 0 saturated carbocycles. The molecule has 0 aliphatic carbocycles. The van der Waals surface area contributed by atoms with Crippen LogP contribution in [0.1, 0.15) is 40.7 Å². The van der Waals surface area contributed by atoms with Crippen molar-refractivity contribution >= 4 is 56.7 Å². The quantitative estimate of drug-likeness (QED) is 0.252. The monoisotopic (exact) mass is 670 g/mol. The van der Waals surface area contributed by atoms with Gasteiger partial charge in [-0.05, 0) is 61.7 Å². The number of hydrogen-bond acceptors (Lipinski definition) is 8. The van der Waals surface area contributed by atoms with Gasteiger partial charge in [0.05, 0.1) is 32.1 Å². The van der Waals surface area contributed by atoms with Crippen molar-refractivity contribution in [3.63, 3.8) is 0 Å². The number of rotatable bonds is 10. The Hall–Kier alpha value is -4.06. The van der Waals surface area contributed by atoms with Crippen molar-refractivity contribution in [2.45, 2.75) is 48.2 Å². The Labute approximate surface area is 269 Å². The number of hydrogen-bond donors (Lipinski definition) is 4. The van der Waals surface area contributed by atoms with E-state index in [0.29, 0.717) is 30.6 Å². The number of halogens is 2. The zero-order valence-corrected chi connectivity index (χ0v) is 26.0. The van der Waals surface area contributed by atoms with Gasteiger partial charge >= 0.3 is 5.97 Å². The van der Waals surface area contributed by atoms with Crippen LogP contribution in [-0.4, -0.2) is 71.3 Å². The number of carboxylic acids is 1. The summed E-state index contributed by atoms with van der Waals surface area (Å²) in [6, 6.07) is 12.0. The lowest BCUT2D eigenvalue weighted by atomic mass is 9.81. The molecule has 5 rings (SSSR count). The van der Waals surface area contributed by atoms with Crippen LogP contribution in [0.25, 0.3) is 0 Å². The number of carbonyl (C=O) groups excluding carboxylic acids is 2. The number of carboxylic acid groups (broad SMARTS) is 1. The van der Waals surface area contributed by atoms with Gasteiger partial charge in [-0.2, -0.15) is 9.57 Å². The molecule has 3 aromatic rings. The predicted molar refractivity (Wildman–Crippen MR) is 165 cm³/mol. The second-order valence-electron chi connectivity index (χ2n) is 10.7. The first kappa shape index (κ1) is 32.3. The number of nitrogens with zero attached hydrogens (tertiary/aromatic N) is 3. The fourth-order valence-corrected chi connectivity index (χ4v) is 8.12. The number of amides is 2. The summed E-state index contributed by atoms with van der Waals surface area (Å²) in [4.78, 5) is 42.8. The molecule has 234 valence electrons. The number of anilines is 1. The maximum absolute atomic E-state index is 14.0. The summed E-state index contributed by atoms with van der Waals surface area (Å²) in [5.41, 5.74) is -0.404. The summed E-state index contributed by atoms with van der Waals surface area (Å²) in [6.07, 6.45) is 3.59. The van der Waals surface area contributed by atoms with Crippen LogP contribution in [0.2, 0.25) is 10.0 Å². The third kappa shape index (κ3) is 6.38. The molecule has 45 heavy (non-hydrogen) atoms. The van der Waals surface area contributed by atoms with Gasteiger partial charge in [0.2, 0.25) is 15.9 Å². The topological polar surface area (TPSA) is 182 Å².